The van der Waals surface area contributed by atoms with E-state index in [0.29, 0.717) is 6.54 Å². The van der Waals surface area contributed by atoms with Crippen molar-refractivity contribution in [1.29, 1.82) is 0 Å². The van der Waals surface area contributed by atoms with Gasteiger partial charge in [-0.15, -0.1) is 0 Å². The summed E-state index contributed by atoms with van der Waals surface area (Å²) >= 11 is 0. The lowest BCUT2D eigenvalue weighted by Crippen LogP contribution is -2.55. The summed E-state index contributed by atoms with van der Waals surface area (Å²) in [6.07, 6.45) is 3.95. The van der Waals surface area contributed by atoms with Crippen LogP contribution >= 0.6 is 0 Å². The summed E-state index contributed by atoms with van der Waals surface area (Å²) in [5, 5.41) is 4.23. The van der Waals surface area contributed by atoms with Gasteiger partial charge < -0.3 is 10.5 Å². The third kappa shape index (κ3) is 2.51. The Kier molecular flexibility index (Phi) is 3.51. The van der Waals surface area contributed by atoms with Crippen molar-refractivity contribution in [2.75, 3.05) is 26.3 Å². The Labute approximate surface area is 103 Å². The number of hydrogen-bond acceptors (Lipinski definition) is 4. The maximum Gasteiger partial charge on any atom is 0.0645 e. The van der Waals surface area contributed by atoms with Crippen LogP contribution in [0.2, 0.25) is 0 Å². The fourth-order valence-corrected chi connectivity index (χ4v) is 2.50. The van der Waals surface area contributed by atoms with E-state index in [1.165, 1.54) is 5.56 Å². The first kappa shape index (κ1) is 12.5. The number of nitrogens with two attached hydrogens (primary N) is 1. The molecule has 17 heavy (non-hydrogen) atoms. The number of hydrogen-bond donors (Lipinski definition) is 1. The molecule has 5 nitrogen and oxygen atoms in total. The number of nitrogens with zero attached hydrogens (tertiary/aromatic N) is 3. The van der Waals surface area contributed by atoms with E-state index in [0.717, 1.165) is 19.8 Å². The molecule has 1 atom stereocenters. The fourth-order valence-electron chi connectivity index (χ4n) is 2.50. The molecule has 1 fully saturated rings. The van der Waals surface area contributed by atoms with Crippen molar-refractivity contribution in [3.05, 3.63) is 18.0 Å². The molecule has 0 aliphatic carbocycles. The standard InChI is InChI=1S/C12H22N4O/c1-12(2)9-17-5-4-16(12)11(6-13)10-7-14-15(3)8-10/h7-8,11H,4-6,9,13H2,1-3H3. The normalized spacial score (nSPS) is 22.6. The molecule has 5 heteroatoms. The average molecular weight is 238 g/mol. The van der Waals surface area contributed by atoms with E-state index in [9.17, 15) is 0 Å². The fraction of sp³-hybridized carbons (Fsp3) is 0.750. The number of morpholine rings is 1. The second kappa shape index (κ2) is 4.76. The zero-order chi connectivity index (χ0) is 12.5. The maximum atomic E-state index is 5.95. The number of aryl methyl sites for hydroxylation is 1. The smallest absolute Gasteiger partial charge is 0.0645 e. The van der Waals surface area contributed by atoms with Crippen molar-refractivity contribution in [1.82, 2.24) is 14.7 Å². The van der Waals surface area contributed by atoms with E-state index < -0.39 is 0 Å². The summed E-state index contributed by atoms with van der Waals surface area (Å²) in [5.74, 6) is 0. The summed E-state index contributed by atoms with van der Waals surface area (Å²) < 4.78 is 7.37. The largest absolute Gasteiger partial charge is 0.378 e. The summed E-state index contributed by atoms with van der Waals surface area (Å²) in [6.45, 7) is 7.46. The van der Waals surface area contributed by atoms with E-state index in [2.05, 4.69) is 23.8 Å². The van der Waals surface area contributed by atoms with Crippen LogP contribution in [0.4, 0.5) is 0 Å². The minimum Gasteiger partial charge on any atom is -0.378 e. The summed E-state index contributed by atoms with van der Waals surface area (Å²) in [7, 11) is 1.93. The Morgan fingerprint density at radius 2 is 2.35 bits per heavy atom. The Bertz CT molecular complexity index is 374. The van der Waals surface area contributed by atoms with Crippen LogP contribution in [0.25, 0.3) is 0 Å². The van der Waals surface area contributed by atoms with Gasteiger partial charge in [0, 0.05) is 37.4 Å². The molecule has 0 spiro atoms. The van der Waals surface area contributed by atoms with Crippen LogP contribution in [-0.4, -0.2) is 46.5 Å². The van der Waals surface area contributed by atoms with Gasteiger partial charge in [-0.2, -0.15) is 5.10 Å². The van der Waals surface area contributed by atoms with Gasteiger partial charge in [0.2, 0.25) is 0 Å². The highest BCUT2D eigenvalue weighted by atomic mass is 16.5. The van der Waals surface area contributed by atoms with E-state index in [1.807, 2.05) is 24.1 Å². The molecule has 1 aromatic heterocycles. The molecular formula is C12H22N4O. The van der Waals surface area contributed by atoms with E-state index >= 15 is 0 Å². The van der Waals surface area contributed by atoms with Crippen molar-refractivity contribution in [2.45, 2.75) is 25.4 Å². The van der Waals surface area contributed by atoms with Crippen molar-refractivity contribution in [2.24, 2.45) is 12.8 Å². The summed E-state index contributed by atoms with van der Waals surface area (Å²) in [6, 6.07) is 0.225. The third-order valence-electron chi connectivity index (χ3n) is 3.42. The SMILES string of the molecule is Cn1cc(C(CN)N2CCOCC2(C)C)cn1. The van der Waals surface area contributed by atoms with Crippen LogP contribution in [0, 0.1) is 0 Å². The lowest BCUT2D eigenvalue weighted by atomic mass is 9.97. The molecule has 1 unspecified atom stereocenters. The Hall–Kier alpha value is -0.910. The van der Waals surface area contributed by atoms with Gasteiger partial charge in [0.15, 0.2) is 0 Å². The first-order chi connectivity index (χ1) is 8.04. The lowest BCUT2D eigenvalue weighted by molar-refractivity contribution is -0.0712. The Morgan fingerprint density at radius 3 is 2.88 bits per heavy atom. The number of aromatic nitrogens is 2. The monoisotopic (exact) mass is 238 g/mol. The molecule has 2 N–H and O–H groups in total. The second-order valence-electron chi connectivity index (χ2n) is 5.26. The summed E-state index contributed by atoms with van der Waals surface area (Å²) in [5.41, 5.74) is 7.16. The van der Waals surface area contributed by atoms with Crippen molar-refractivity contribution < 1.29 is 4.74 Å². The highest BCUT2D eigenvalue weighted by molar-refractivity contribution is 5.13. The van der Waals surface area contributed by atoms with Crippen LogP contribution in [0.1, 0.15) is 25.5 Å². The molecule has 1 aliphatic rings. The molecule has 2 heterocycles. The number of rotatable bonds is 3. The van der Waals surface area contributed by atoms with E-state index in [4.69, 9.17) is 10.5 Å². The predicted octanol–water partition coefficient (Wildman–Crippen LogP) is 0.531. The van der Waals surface area contributed by atoms with E-state index in [1.54, 1.807) is 0 Å². The summed E-state index contributed by atoms with van der Waals surface area (Å²) in [4.78, 5) is 2.42. The molecule has 0 amide bonds. The van der Waals surface area contributed by atoms with Crippen LogP contribution in [-0.2, 0) is 11.8 Å². The minimum atomic E-state index is 0.0259. The second-order valence-corrected chi connectivity index (χ2v) is 5.26. The van der Waals surface area contributed by atoms with E-state index in [-0.39, 0.29) is 11.6 Å². The van der Waals surface area contributed by atoms with Gasteiger partial charge >= 0.3 is 0 Å². The molecule has 96 valence electrons. The highest BCUT2D eigenvalue weighted by Crippen LogP contribution is 2.29. The van der Waals surface area contributed by atoms with Crippen molar-refractivity contribution in [3.63, 3.8) is 0 Å². The molecule has 0 bridgehead atoms. The van der Waals surface area contributed by atoms with Gasteiger partial charge in [0.25, 0.3) is 0 Å². The zero-order valence-electron chi connectivity index (χ0n) is 10.9. The van der Waals surface area contributed by atoms with Crippen molar-refractivity contribution >= 4 is 0 Å². The van der Waals surface area contributed by atoms with Crippen LogP contribution in [0.5, 0.6) is 0 Å². The molecule has 0 aromatic carbocycles. The topological polar surface area (TPSA) is 56.3 Å². The van der Waals surface area contributed by atoms with Crippen LogP contribution in [0.3, 0.4) is 0 Å². The quantitative estimate of drug-likeness (QED) is 0.834. The molecular weight excluding hydrogens is 216 g/mol. The lowest BCUT2D eigenvalue weighted by Gasteiger charge is -2.46. The first-order valence-corrected chi connectivity index (χ1v) is 6.08. The molecule has 0 radical (unpaired) electrons. The Balaban J connectivity index is 2.22. The van der Waals surface area contributed by atoms with Crippen LogP contribution in [0.15, 0.2) is 12.4 Å². The predicted molar refractivity (Wildman–Crippen MR) is 66.6 cm³/mol. The molecule has 0 saturated carbocycles. The minimum absolute atomic E-state index is 0.0259. The average Bonchev–Trinajstić information content (AvgIpc) is 2.68. The first-order valence-electron chi connectivity index (χ1n) is 6.08. The molecule has 2 rings (SSSR count). The van der Waals surface area contributed by atoms with Gasteiger partial charge in [0.05, 0.1) is 25.5 Å². The van der Waals surface area contributed by atoms with Gasteiger partial charge in [-0.25, -0.2) is 0 Å². The zero-order valence-corrected chi connectivity index (χ0v) is 10.9. The molecule has 1 aromatic rings. The van der Waals surface area contributed by atoms with Gasteiger partial charge in [-0.3, -0.25) is 9.58 Å². The highest BCUT2D eigenvalue weighted by Gasteiger charge is 2.35. The third-order valence-corrected chi connectivity index (χ3v) is 3.42. The number of ether oxygens (including phenoxy) is 1. The maximum absolute atomic E-state index is 5.95. The van der Waals surface area contributed by atoms with Crippen molar-refractivity contribution in [3.8, 4) is 0 Å². The van der Waals surface area contributed by atoms with Crippen LogP contribution < -0.4 is 5.73 Å². The molecule has 1 aliphatic heterocycles. The molecule has 1 saturated heterocycles. The van der Waals surface area contributed by atoms with Gasteiger partial charge in [-0.05, 0) is 13.8 Å². The van der Waals surface area contributed by atoms with Gasteiger partial charge in [0.1, 0.15) is 0 Å². The van der Waals surface area contributed by atoms with Gasteiger partial charge in [-0.1, -0.05) is 0 Å². The Morgan fingerprint density at radius 1 is 1.59 bits per heavy atom.